The Kier molecular flexibility index (Phi) is 4.68. The van der Waals surface area contributed by atoms with Crippen LogP contribution in [0.2, 0.25) is 0 Å². The summed E-state index contributed by atoms with van der Waals surface area (Å²) in [4.78, 5) is 5.17. The summed E-state index contributed by atoms with van der Waals surface area (Å²) in [6.45, 7) is 7.77. The average Bonchev–Trinajstić information content (AvgIpc) is 2.47. The molecule has 4 heteroatoms. The molecule has 0 saturated carbocycles. The number of hydrogen-bond donors (Lipinski definition) is 1. The minimum Gasteiger partial charge on any atom is -0.383 e. The number of piperazine rings is 1. The van der Waals surface area contributed by atoms with Gasteiger partial charge in [0.15, 0.2) is 0 Å². The van der Waals surface area contributed by atoms with E-state index in [0.717, 1.165) is 25.7 Å². The van der Waals surface area contributed by atoms with Gasteiger partial charge in [0.25, 0.3) is 0 Å². The Hall–Kier alpha value is -0.940. The van der Waals surface area contributed by atoms with E-state index in [1.807, 2.05) is 0 Å². The molecular formula is C16H25N3O. The molecule has 2 aliphatic rings. The largest absolute Gasteiger partial charge is 0.383 e. The number of likely N-dealkylation sites (tertiary alicyclic amines) is 1. The molecule has 2 fully saturated rings. The monoisotopic (exact) mass is 275 g/mol. The highest BCUT2D eigenvalue weighted by atomic mass is 16.5. The Morgan fingerprint density at radius 1 is 1.20 bits per heavy atom. The number of nitrogens with one attached hydrogen (secondary N) is 1. The first-order valence-electron chi connectivity index (χ1n) is 7.61. The fourth-order valence-corrected chi connectivity index (χ4v) is 3.27. The van der Waals surface area contributed by atoms with E-state index in [4.69, 9.17) is 4.74 Å². The van der Waals surface area contributed by atoms with Crippen molar-refractivity contribution in [2.75, 3.05) is 53.0 Å². The van der Waals surface area contributed by atoms with E-state index >= 15 is 0 Å². The smallest absolute Gasteiger partial charge is 0.0659 e. The van der Waals surface area contributed by atoms with Crippen LogP contribution in [-0.4, -0.2) is 68.8 Å². The zero-order valence-corrected chi connectivity index (χ0v) is 12.3. The third-order valence-corrected chi connectivity index (χ3v) is 4.51. The second-order valence-electron chi connectivity index (χ2n) is 5.78. The van der Waals surface area contributed by atoms with Gasteiger partial charge in [-0.15, -0.1) is 0 Å². The molecule has 1 aromatic rings. The number of rotatable bonds is 5. The van der Waals surface area contributed by atoms with Gasteiger partial charge in [0.05, 0.1) is 12.6 Å². The summed E-state index contributed by atoms with van der Waals surface area (Å²) in [5, 5.41) is 3.42. The van der Waals surface area contributed by atoms with Gasteiger partial charge < -0.3 is 10.1 Å². The fourth-order valence-electron chi connectivity index (χ4n) is 3.27. The molecule has 2 saturated heterocycles. The van der Waals surface area contributed by atoms with Crippen LogP contribution in [0, 0.1) is 0 Å². The van der Waals surface area contributed by atoms with Crippen LogP contribution >= 0.6 is 0 Å². The number of hydrogen-bond acceptors (Lipinski definition) is 4. The number of benzene rings is 1. The van der Waals surface area contributed by atoms with Crippen molar-refractivity contribution in [1.29, 1.82) is 0 Å². The first kappa shape index (κ1) is 14.0. The summed E-state index contributed by atoms with van der Waals surface area (Å²) in [5.74, 6) is 0. The van der Waals surface area contributed by atoms with Crippen LogP contribution in [0.15, 0.2) is 30.3 Å². The predicted octanol–water partition coefficient (Wildman–Crippen LogP) is 0.964. The van der Waals surface area contributed by atoms with Crippen molar-refractivity contribution < 1.29 is 4.74 Å². The normalized spacial score (nSPS) is 23.4. The van der Waals surface area contributed by atoms with Gasteiger partial charge in [0.1, 0.15) is 0 Å². The van der Waals surface area contributed by atoms with E-state index in [0.29, 0.717) is 6.04 Å². The fraction of sp³-hybridized carbons (Fsp3) is 0.625. The maximum Gasteiger partial charge on any atom is 0.0659 e. The lowest BCUT2D eigenvalue weighted by Crippen LogP contribution is -2.63. The third-order valence-electron chi connectivity index (χ3n) is 4.51. The van der Waals surface area contributed by atoms with Crippen LogP contribution in [-0.2, 0) is 4.74 Å². The summed E-state index contributed by atoms with van der Waals surface area (Å²) >= 11 is 0. The van der Waals surface area contributed by atoms with Crippen LogP contribution in [0.4, 0.5) is 0 Å². The minimum absolute atomic E-state index is 0.403. The van der Waals surface area contributed by atoms with Crippen LogP contribution in [0.3, 0.4) is 0 Å². The summed E-state index contributed by atoms with van der Waals surface area (Å²) < 4.78 is 5.43. The third kappa shape index (κ3) is 3.04. The van der Waals surface area contributed by atoms with Crippen LogP contribution in [0.1, 0.15) is 11.6 Å². The Morgan fingerprint density at radius 3 is 2.55 bits per heavy atom. The molecule has 0 spiro atoms. The lowest BCUT2D eigenvalue weighted by molar-refractivity contribution is -0.0232. The van der Waals surface area contributed by atoms with E-state index in [2.05, 4.69) is 45.4 Å². The molecular weight excluding hydrogens is 250 g/mol. The maximum absolute atomic E-state index is 5.43. The van der Waals surface area contributed by atoms with Gasteiger partial charge in [0.2, 0.25) is 0 Å². The highest BCUT2D eigenvalue weighted by Gasteiger charge is 2.36. The second-order valence-corrected chi connectivity index (χ2v) is 5.78. The van der Waals surface area contributed by atoms with Gasteiger partial charge >= 0.3 is 0 Å². The average molecular weight is 275 g/mol. The zero-order valence-electron chi connectivity index (χ0n) is 12.3. The van der Waals surface area contributed by atoms with E-state index < -0.39 is 0 Å². The molecule has 0 aromatic heterocycles. The first-order chi connectivity index (χ1) is 9.88. The Morgan fingerprint density at radius 2 is 1.90 bits per heavy atom. The molecule has 1 N–H and O–H groups in total. The molecule has 4 nitrogen and oxygen atoms in total. The number of nitrogens with zero attached hydrogens (tertiary/aromatic N) is 2. The van der Waals surface area contributed by atoms with Crippen molar-refractivity contribution in [2.45, 2.75) is 12.1 Å². The van der Waals surface area contributed by atoms with Crippen molar-refractivity contribution in [1.82, 2.24) is 15.1 Å². The van der Waals surface area contributed by atoms with Crippen LogP contribution in [0.5, 0.6) is 0 Å². The molecule has 3 rings (SSSR count). The van der Waals surface area contributed by atoms with Gasteiger partial charge in [-0.1, -0.05) is 30.3 Å². The maximum atomic E-state index is 5.43. The molecule has 2 heterocycles. The Balaban J connectivity index is 1.58. The highest BCUT2D eigenvalue weighted by Crippen LogP contribution is 2.28. The van der Waals surface area contributed by atoms with E-state index in [9.17, 15) is 0 Å². The molecule has 0 radical (unpaired) electrons. The number of methoxy groups -OCH3 is 1. The predicted molar refractivity (Wildman–Crippen MR) is 80.9 cm³/mol. The summed E-state index contributed by atoms with van der Waals surface area (Å²) in [7, 11) is 1.80. The van der Waals surface area contributed by atoms with Gasteiger partial charge in [-0.2, -0.15) is 0 Å². The molecule has 0 bridgehead atoms. The summed E-state index contributed by atoms with van der Waals surface area (Å²) in [6.07, 6.45) is 0. The number of ether oxygens (including phenoxy) is 1. The molecule has 1 atom stereocenters. The molecule has 1 aromatic carbocycles. The van der Waals surface area contributed by atoms with Crippen LogP contribution in [0.25, 0.3) is 0 Å². The molecule has 0 aliphatic carbocycles. The SMILES string of the molecule is COCC(c1ccccc1)N1CC(N2CCNCC2)C1. The standard InChI is InChI=1S/C16H25N3O/c1-20-13-16(14-5-3-2-4-6-14)19-11-15(12-19)18-9-7-17-8-10-18/h2-6,15-17H,7-13H2,1H3. The molecule has 1 unspecified atom stereocenters. The molecule has 110 valence electrons. The second kappa shape index (κ2) is 6.68. The van der Waals surface area contributed by atoms with Gasteiger partial charge in [-0.25, -0.2) is 0 Å². The van der Waals surface area contributed by atoms with Crippen molar-refractivity contribution >= 4 is 0 Å². The van der Waals surface area contributed by atoms with E-state index in [1.165, 1.54) is 31.7 Å². The molecule has 20 heavy (non-hydrogen) atoms. The highest BCUT2D eigenvalue weighted by molar-refractivity contribution is 5.20. The van der Waals surface area contributed by atoms with Crippen molar-refractivity contribution in [3.8, 4) is 0 Å². The Bertz CT molecular complexity index is 399. The lowest BCUT2D eigenvalue weighted by atomic mass is 9.98. The summed E-state index contributed by atoms with van der Waals surface area (Å²) in [5.41, 5.74) is 1.37. The lowest BCUT2D eigenvalue weighted by Gasteiger charge is -2.49. The summed E-state index contributed by atoms with van der Waals surface area (Å²) in [6, 6.07) is 11.9. The first-order valence-corrected chi connectivity index (χ1v) is 7.61. The van der Waals surface area contributed by atoms with Gasteiger partial charge in [-0.3, -0.25) is 9.80 Å². The topological polar surface area (TPSA) is 27.7 Å². The minimum atomic E-state index is 0.403. The van der Waals surface area contributed by atoms with Gasteiger partial charge in [0, 0.05) is 52.4 Å². The molecule has 0 amide bonds. The van der Waals surface area contributed by atoms with E-state index in [1.54, 1.807) is 7.11 Å². The van der Waals surface area contributed by atoms with Gasteiger partial charge in [-0.05, 0) is 5.56 Å². The Labute approximate surface area is 121 Å². The molecule has 2 aliphatic heterocycles. The van der Waals surface area contributed by atoms with Crippen molar-refractivity contribution in [3.05, 3.63) is 35.9 Å². The van der Waals surface area contributed by atoms with Crippen LogP contribution < -0.4 is 5.32 Å². The van der Waals surface area contributed by atoms with Crippen molar-refractivity contribution in [3.63, 3.8) is 0 Å². The quantitative estimate of drug-likeness (QED) is 0.866. The van der Waals surface area contributed by atoms with Crippen molar-refractivity contribution in [2.24, 2.45) is 0 Å². The zero-order chi connectivity index (χ0) is 13.8. The van der Waals surface area contributed by atoms with E-state index in [-0.39, 0.29) is 0 Å².